The molecule has 8 heteroatoms. The summed E-state index contributed by atoms with van der Waals surface area (Å²) < 4.78 is 22.3. The monoisotopic (exact) mass is 1250 g/mol. The van der Waals surface area contributed by atoms with Crippen molar-refractivity contribution in [1.82, 2.24) is 0 Å². The van der Waals surface area contributed by atoms with E-state index in [-0.39, 0.29) is 0 Å². The molecular weight excluding hydrogens is 1180 g/mol. The molecule has 0 aromatic heterocycles. The first kappa shape index (κ1) is 61.0. The highest BCUT2D eigenvalue weighted by Crippen LogP contribution is 2.44. The first-order valence-electron chi connectivity index (χ1n) is 32.1. The first-order chi connectivity index (χ1) is 47.4. The molecule has 0 heterocycles. The van der Waals surface area contributed by atoms with E-state index in [9.17, 15) is 0 Å². The van der Waals surface area contributed by atoms with Gasteiger partial charge < -0.3 is 38.5 Å². The Kier molecular flexibility index (Phi) is 17.9. The van der Waals surface area contributed by atoms with Gasteiger partial charge in [-0.15, -0.1) is 0 Å². The molecule has 466 valence electrons. The van der Waals surface area contributed by atoms with Gasteiger partial charge in [0.2, 0.25) is 0 Å². The Bertz CT molecular complexity index is 4490. The second kappa shape index (κ2) is 28.1. The molecule has 0 unspecified atom stereocenters. The Hall–Kier alpha value is -12.5. The maximum atomic E-state index is 5.61. The van der Waals surface area contributed by atoms with Gasteiger partial charge in [-0.25, -0.2) is 0 Å². The Morgan fingerprint density at radius 2 is 0.250 bits per heavy atom. The number of methoxy groups -OCH3 is 4. The quantitative estimate of drug-likeness (QED) is 0.0705. The lowest BCUT2D eigenvalue weighted by atomic mass is 10.0. The van der Waals surface area contributed by atoms with Crippen LogP contribution >= 0.6 is 0 Å². The molecular formula is C88H70N4O4. The Morgan fingerprint density at radius 1 is 0.135 bits per heavy atom. The third kappa shape index (κ3) is 13.3. The van der Waals surface area contributed by atoms with Crippen LogP contribution in [0.25, 0.3) is 55.6 Å². The summed E-state index contributed by atoms with van der Waals surface area (Å²) in [6, 6.07) is 124. The van der Waals surface area contributed by atoms with Crippen LogP contribution in [0.1, 0.15) is 0 Å². The second-order valence-corrected chi connectivity index (χ2v) is 23.2. The van der Waals surface area contributed by atoms with Crippen LogP contribution < -0.4 is 38.5 Å². The predicted octanol–water partition coefficient (Wildman–Crippen LogP) is 23.9. The Balaban J connectivity index is 0.705. The molecule has 0 fully saturated rings. The van der Waals surface area contributed by atoms with Gasteiger partial charge in [-0.3, -0.25) is 0 Å². The minimum absolute atomic E-state index is 0.798. The van der Waals surface area contributed by atoms with Gasteiger partial charge in [-0.05, 0) is 250 Å². The minimum Gasteiger partial charge on any atom is -0.497 e. The number of hydrogen-bond acceptors (Lipinski definition) is 8. The molecule has 14 aromatic rings. The van der Waals surface area contributed by atoms with Gasteiger partial charge in [0.25, 0.3) is 0 Å². The molecule has 0 aliphatic carbocycles. The summed E-state index contributed by atoms with van der Waals surface area (Å²) in [5.74, 6) is 3.22. The van der Waals surface area contributed by atoms with E-state index in [1.165, 1.54) is 22.3 Å². The smallest absolute Gasteiger partial charge is 0.119 e. The van der Waals surface area contributed by atoms with Crippen LogP contribution in [0, 0.1) is 0 Å². The zero-order valence-corrected chi connectivity index (χ0v) is 53.9. The van der Waals surface area contributed by atoms with E-state index in [1.807, 2.05) is 60.7 Å². The summed E-state index contributed by atoms with van der Waals surface area (Å²) in [7, 11) is 6.79. The van der Waals surface area contributed by atoms with Crippen molar-refractivity contribution < 1.29 is 18.9 Å². The van der Waals surface area contributed by atoms with Gasteiger partial charge in [0.05, 0.1) is 28.4 Å². The van der Waals surface area contributed by atoms with Gasteiger partial charge in [-0.2, -0.15) is 0 Å². The van der Waals surface area contributed by atoms with Crippen LogP contribution in [-0.2, 0) is 0 Å². The van der Waals surface area contributed by atoms with Crippen LogP contribution in [0.4, 0.5) is 68.2 Å². The van der Waals surface area contributed by atoms with Gasteiger partial charge in [0.1, 0.15) is 23.0 Å². The molecule has 0 aliphatic rings. The number of benzene rings is 14. The zero-order valence-electron chi connectivity index (χ0n) is 53.9. The SMILES string of the molecule is COc1ccc(N(c2ccc(-c3ccccc3)cc2)c2ccc(-c3ccc(N(c4ccc(OC)cc4)c4ccc(-c5ccc(N(c6ccc(OC)cc6)c6ccc(-c7ccc(N(c8ccc(OC)cc8)c8ccc(-c9ccccc9)cc8)cc7)cc6)cc5)cc4)cc3)cc2)cc1. The largest absolute Gasteiger partial charge is 0.497 e. The third-order valence-electron chi connectivity index (χ3n) is 17.5. The lowest BCUT2D eigenvalue weighted by Crippen LogP contribution is -2.10. The molecule has 0 N–H and O–H groups in total. The van der Waals surface area contributed by atoms with Crippen molar-refractivity contribution in [2.75, 3.05) is 48.0 Å². The van der Waals surface area contributed by atoms with Crippen molar-refractivity contribution in [2.24, 2.45) is 0 Å². The van der Waals surface area contributed by atoms with E-state index < -0.39 is 0 Å². The zero-order chi connectivity index (χ0) is 65.2. The maximum Gasteiger partial charge on any atom is 0.119 e. The highest BCUT2D eigenvalue weighted by Gasteiger charge is 2.20. The summed E-state index contributed by atoms with van der Waals surface area (Å²) >= 11 is 0. The summed E-state index contributed by atoms with van der Waals surface area (Å²) in [5, 5.41) is 0. The molecule has 96 heavy (non-hydrogen) atoms. The van der Waals surface area contributed by atoms with E-state index in [0.717, 1.165) is 125 Å². The summed E-state index contributed by atoms with van der Waals surface area (Å²) in [5.41, 5.74) is 23.8. The predicted molar refractivity (Wildman–Crippen MR) is 399 cm³/mol. The topological polar surface area (TPSA) is 49.9 Å². The highest BCUT2D eigenvalue weighted by molar-refractivity contribution is 5.86. The van der Waals surface area contributed by atoms with Crippen molar-refractivity contribution >= 4 is 68.2 Å². The Labute approximate surface area is 562 Å². The number of hydrogen-bond donors (Lipinski definition) is 0. The lowest BCUT2D eigenvalue weighted by Gasteiger charge is -2.27. The van der Waals surface area contributed by atoms with Gasteiger partial charge >= 0.3 is 0 Å². The molecule has 0 radical (unpaired) electrons. The fourth-order valence-corrected chi connectivity index (χ4v) is 12.4. The average Bonchev–Trinajstić information content (AvgIpc) is 0.866. The van der Waals surface area contributed by atoms with E-state index in [2.05, 4.69) is 311 Å². The van der Waals surface area contributed by atoms with Crippen LogP contribution in [0.5, 0.6) is 23.0 Å². The molecule has 14 aromatic carbocycles. The van der Waals surface area contributed by atoms with Gasteiger partial charge in [-0.1, -0.05) is 158 Å². The maximum absolute atomic E-state index is 5.61. The minimum atomic E-state index is 0.798. The summed E-state index contributed by atoms with van der Waals surface area (Å²) in [4.78, 5) is 9.12. The van der Waals surface area contributed by atoms with Gasteiger partial charge in [0, 0.05) is 68.2 Å². The van der Waals surface area contributed by atoms with Crippen molar-refractivity contribution in [1.29, 1.82) is 0 Å². The number of ether oxygens (including phenoxy) is 4. The number of anilines is 12. The first-order valence-corrected chi connectivity index (χ1v) is 32.1. The molecule has 0 spiro atoms. The van der Waals surface area contributed by atoms with E-state index in [1.54, 1.807) is 28.4 Å². The van der Waals surface area contributed by atoms with Crippen LogP contribution in [0.2, 0.25) is 0 Å². The van der Waals surface area contributed by atoms with Crippen molar-refractivity contribution in [3.8, 4) is 78.6 Å². The lowest BCUT2D eigenvalue weighted by molar-refractivity contribution is 0.414. The third-order valence-corrected chi connectivity index (χ3v) is 17.5. The molecule has 0 saturated carbocycles. The van der Waals surface area contributed by atoms with E-state index in [0.29, 0.717) is 0 Å². The fourth-order valence-electron chi connectivity index (χ4n) is 12.4. The van der Waals surface area contributed by atoms with E-state index in [4.69, 9.17) is 18.9 Å². The highest BCUT2D eigenvalue weighted by atomic mass is 16.5. The molecule has 0 aliphatic heterocycles. The summed E-state index contributed by atoms with van der Waals surface area (Å²) in [6.45, 7) is 0. The molecule has 0 amide bonds. The standard InChI is InChI=1S/C88H70N4O4/c1-93-85-55-47-81(48-56-85)89(73-31-15-65(16-32-73)63-11-7-5-8-12-63)75-35-19-67(20-36-75)69-23-39-77(40-24-69)91(83-51-59-87(95-3)60-52-83)79-43-27-71(28-44-79)72-29-45-80(46-30-72)92(84-53-61-88(96-4)62-54-84)78-41-25-70(26-42-78)68-21-37-76(38-22-68)90(82-49-57-86(94-2)58-50-82)74-33-17-66(18-34-74)64-13-9-6-10-14-64/h5-62H,1-4H3. The number of nitrogens with zero attached hydrogens (tertiary/aromatic N) is 4. The van der Waals surface area contributed by atoms with Crippen LogP contribution in [0.3, 0.4) is 0 Å². The summed E-state index contributed by atoms with van der Waals surface area (Å²) in [6.07, 6.45) is 0. The fraction of sp³-hybridized carbons (Fsp3) is 0.0455. The molecule has 14 rings (SSSR count). The molecule has 0 bridgehead atoms. The van der Waals surface area contributed by atoms with E-state index >= 15 is 0 Å². The Morgan fingerprint density at radius 3 is 0.375 bits per heavy atom. The molecule has 8 nitrogen and oxygen atoms in total. The van der Waals surface area contributed by atoms with Crippen molar-refractivity contribution in [3.63, 3.8) is 0 Å². The molecule has 0 saturated heterocycles. The van der Waals surface area contributed by atoms with Crippen molar-refractivity contribution in [2.45, 2.75) is 0 Å². The average molecular weight is 1250 g/mol. The normalized spacial score (nSPS) is 10.9. The molecule has 0 atom stereocenters. The van der Waals surface area contributed by atoms with Crippen molar-refractivity contribution in [3.05, 3.63) is 352 Å². The number of rotatable bonds is 21. The second-order valence-electron chi connectivity index (χ2n) is 23.2. The van der Waals surface area contributed by atoms with Crippen LogP contribution in [-0.4, -0.2) is 28.4 Å². The van der Waals surface area contributed by atoms with Crippen LogP contribution in [0.15, 0.2) is 352 Å². The van der Waals surface area contributed by atoms with Gasteiger partial charge in [0.15, 0.2) is 0 Å².